The molecule has 5 nitrogen and oxygen atoms in total. The van der Waals surface area contributed by atoms with Gasteiger partial charge in [-0.2, -0.15) is 4.98 Å². The SMILES string of the molecule is CCCCSc1nnc2c(n1)O[C@@H](C=Cc1ccccc1)Nc1ccccc1-2. The molecule has 0 saturated heterocycles. The van der Waals surface area contributed by atoms with E-state index >= 15 is 0 Å². The van der Waals surface area contributed by atoms with E-state index in [2.05, 4.69) is 39.6 Å². The first-order valence-corrected chi connectivity index (χ1v) is 10.5. The molecule has 1 atom stereocenters. The number of fused-ring (bicyclic) bond motifs is 3. The van der Waals surface area contributed by atoms with Crippen LogP contribution in [-0.2, 0) is 0 Å². The molecule has 142 valence electrons. The minimum absolute atomic E-state index is 0.354. The van der Waals surface area contributed by atoms with E-state index in [4.69, 9.17) is 4.74 Å². The maximum absolute atomic E-state index is 6.18. The number of nitrogens with one attached hydrogen (secondary N) is 1. The van der Waals surface area contributed by atoms with Gasteiger partial charge in [-0.1, -0.05) is 79.7 Å². The zero-order chi connectivity index (χ0) is 19.2. The fourth-order valence-corrected chi connectivity index (χ4v) is 3.75. The number of hydrogen-bond acceptors (Lipinski definition) is 6. The molecule has 3 aromatic rings. The molecule has 2 aromatic carbocycles. The number of hydrogen-bond donors (Lipinski definition) is 1. The Kier molecular flexibility index (Phi) is 5.87. The lowest BCUT2D eigenvalue weighted by atomic mass is 10.1. The van der Waals surface area contributed by atoms with Gasteiger partial charge in [0, 0.05) is 17.0 Å². The van der Waals surface area contributed by atoms with E-state index in [0.717, 1.165) is 35.4 Å². The van der Waals surface area contributed by atoms with Crippen molar-refractivity contribution in [2.75, 3.05) is 11.1 Å². The second-order valence-electron chi connectivity index (χ2n) is 6.45. The summed E-state index contributed by atoms with van der Waals surface area (Å²) >= 11 is 1.61. The van der Waals surface area contributed by atoms with E-state index < -0.39 is 0 Å². The molecule has 1 aliphatic rings. The lowest BCUT2D eigenvalue weighted by Crippen LogP contribution is -2.23. The molecule has 1 aromatic heterocycles. The van der Waals surface area contributed by atoms with Gasteiger partial charge in [-0.15, -0.1) is 10.2 Å². The number of unbranched alkanes of at least 4 members (excludes halogenated alkanes) is 1. The first-order valence-electron chi connectivity index (χ1n) is 9.47. The van der Waals surface area contributed by atoms with E-state index in [-0.39, 0.29) is 6.23 Å². The quantitative estimate of drug-likeness (QED) is 0.457. The van der Waals surface area contributed by atoms with Crippen molar-refractivity contribution in [1.82, 2.24) is 15.2 Å². The molecule has 0 spiro atoms. The molecule has 0 radical (unpaired) electrons. The number of benzene rings is 2. The highest BCUT2D eigenvalue weighted by Gasteiger charge is 2.23. The summed E-state index contributed by atoms with van der Waals surface area (Å²) in [5.41, 5.74) is 3.67. The van der Waals surface area contributed by atoms with Gasteiger partial charge in [0.05, 0.1) is 0 Å². The minimum Gasteiger partial charge on any atom is -0.448 e. The Hall–Kier alpha value is -2.86. The molecule has 0 fully saturated rings. The summed E-state index contributed by atoms with van der Waals surface area (Å²) in [6, 6.07) is 18.1. The van der Waals surface area contributed by atoms with Crippen LogP contribution in [0.3, 0.4) is 0 Å². The Labute approximate surface area is 169 Å². The number of anilines is 1. The van der Waals surface area contributed by atoms with Gasteiger partial charge in [0.1, 0.15) is 0 Å². The van der Waals surface area contributed by atoms with Crippen LogP contribution in [0.2, 0.25) is 0 Å². The maximum atomic E-state index is 6.18. The van der Waals surface area contributed by atoms with Crippen molar-refractivity contribution >= 4 is 23.5 Å². The van der Waals surface area contributed by atoms with Crippen LogP contribution in [0.1, 0.15) is 25.3 Å². The second kappa shape index (κ2) is 8.89. The van der Waals surface area contributed by atoms with Crippen LogP contribution in [0.15, 0.2) is 65.8 Å². The number of thioether (sulfide) groups is 1. The standard InChI is InChI=1S/C22H22N4OS/c1-2-3-15-28-22-24-21-20(25-26-22)17-11-7-8-12-18(17)23-19(27-21)14-13-16-9-5-4-6-10-16/h4-14,19,23H,2-3,15H2,1H3/t19-/m0/s1. The van der Waals surface area contributed by atoms with Crippen LogP contribution in [0.25, 0.3) is 17.3 Å². The summed E-state index contributed by atoms with van der Waals surface area (Å²) in [5.74, 6) is 1.48. The fourth-order valence-electron chi connectivity index (χ4n) is 2.89. The normalized spacial score (nSPS) is 15.2. The van der Waals surface area contributed by atoms with E-state index in [0.29, 0.717) is 16.7 Å². The lowest BCUT2D eigenvalue weighted by molar-refractivity contribution is 0.266. The first-order chi connectivity index (χ1) is 13.8. The van der Waals surface area contributed by atoms with Crippen molar-refractivity contribution in [1.29, 1.82) is 0 Å². The Morgan fingerprint density at radius 1 is 1.07 bits per heavy atom. The molecule has 2 heterocycles. The first kappa shape index (κ1) is 18.5. The molecular formula is C22H22N4OS. The van der Waals surface area contributed by atoms with Crippen molar-refractivity contribution in [3.8, 4) is 17.1 Å². The van der Waals surface area contributed by atoms with Gasteiger partial charge < -0.3 is 10.1 Å². The van der Waals surface area contributed by atoms with E-state index in [9.17, 15) is 0 Å². The van der Waals surface area contributed by atoms with Crippen LogP contribution in [-0.4, -0.2) is 27.2 Å². The van der Waals surface area contributed by atoms with Gasteiger partial charge in [-0.05, 0) is 24.1 Å². The third kappa shape index (κ3) is 4.34. The maximum Gasteiger partial charge on any atom is 0.247 e. The number of ether oxygens (including phenoxy) is 1. The summed E-state index contributed by atoms with van der Waals surface area (Å²) in [4.78, 5) is 4.64. The van der Waals surface area contributed by atoms with Crippen molar-refractivity contribution in [3.05, 3.63) is 66.2 Å². The molecule has 28 heavy (non-hydrogen) atoms. The molecule has 4 rings (SSSR count). The van der Waals surface area contributed by atoms with Crippen LogP contribution >= 0.6 is 11.8 Å². The number of rotatable bonds is 6. The summed E-state index contributed by atoms with van der Waals surface area (Å²) in [5, 5.41) is 12.8. The van der Waals surface area contributed by atoms with E-state index in [1.807, 2.05) is 54.6 Å². The number of para-hydroxylation sites is 1. The predicted octanol–water partition coefficient (Wildman–Crippen LogP) is 5.27. The lowest BCUT2D eigenvalue weighted by Gasteiger charge is -2.15. The number of aromatic nitrogens is 3. The molecule has 0 amide bonds. The van der Waals surface area contributed by atoms with Crippen molar-refractivity contribution in [3.63, 3.8) is 0 Å². The summed E-state index contributed by atoms with van der Waals surface area (Å²) in [6.07, 6.45) is 5.95. The Balaban J connectivity index is 1.65. The van der Waals surface area contributed by atoms with E-state index in [1.165, 1.54) is 0 Å². The van der Waals surface area contributed by atoms with Gasteiger partial charge in [0.25, 0.3) is 0 Å². The van der Waals surface area contributed by atoms with Gasteiger partial charge in [0.15, 0.2) is 11.9 Å². The highest BCUT2D eigenvalue weighted by atomic mass is 32.2. The highest BCUT2D eigenvalue weighted by molar-refractivity contribution is 7.99. The Morgan fingerprint density at radius 2 is 1.89 bits per heavy atom. The molecule has 0 saturated carbocycles. The zero-order valence-electron chi connectivity index (χ0n) is 15.7. The third-order valence-electron chi connectivity index (χ3n) is 4.35. The Morgan fingerprint density at radius 3 is 2.75 bits per heavy atom. The largest absolute Gasteiger partial charge is 0.448 e. The topological polar surface area (TPSA) is 59.9 Å². The number of nitrogens with zero attached hydrogens (tertiary/aromatic N) is 3. The third-order valence-corrected chi connectivity index (χ3v) is 5.27. The van der Waals surface area contributed by atoms with Crippen LogP contribution in [0.5, 0.6) is 5.88 Å². The molecule has 0 aliphatic carbocycles. The van der Waals surface area contributed by atoms with Crippen molar-refractivity contribution in [2.24, 2.45) is 0 Å². The summed E-state index contributed by atoms with van der Waals surface area (Å²) in [6.45, 7) is 2.17. The van der Waals surface area contributed by atoms with Gasteiger partial charge in [0.2, 0.25) is 11.0 Å². The summed E-state index contributed by atoms with van der Waals surface area (Å²) in [7, 11) is 0. The summed E-state index contributed by atoms with van der Waals surface area (Å²) < 4.78 is 6.18. The highest BCUT2D eigenvalue weighted by Crippen LogP contribution is 2.36. The van der Waals surface area contributed by atoms with Gasteiger partial charge >= 0.3 is 0 Å². The van der Waals surface area contributed by atoms with E-state index in [1.54, 1.807) is 11.8 Å². The van der Waals surface area contributed by atoms with Crippen LogP contribution < -0.4 is 10.1 Å². The predicted molar refractivity (Wildman–Crippen MR) is 114 cm³/mol. The van der Waals surface area contributed by atoms with Crippen LogP contribution in [0, 0.1) is 0 Å². The molecular weight excluding hydrogens is 368 g/mol. The molecule has 0 bridgehead atoms. The van der Waals surface area contributed by atoms with Crippen molar-refractivity contribution in [2.45, 2.75) is 31.1 Å². The minimum atomic E-state index is -0.354. The zero-order valence-corrected chi connectivity index (χ0v) is 16.5. The molecule has 1 aliphatic heterocycles. The molecule has 0 unspecified atom stereocenters. The Bertz CT molecular complexity index is 962. The van der Waals surface area contributed by atoms with Crippen LogP contribution in [0.4, 0.5) is 5.69 Å². The van der Waals surface area contributed by atoms with Gasteiger partial charge in [-0.3, -0.25) is 0 Å². The molecule has 6 heteroatoms. The average molecular weight is 391 g/mol. The monoisotopic (exact) mass is 390 g/mol. The second-order valence-corrected chi connectivity index (χ2v) is 7.51. The smallest absolute Gasteiger partial charge is 0.247 e. The van der Waals surface area contributed by atoms with Crippen molar-refractivity contribution < 1.29 is 4.74 Å². The molecule has 1 N–H and O–H groups in total. The fraction of sp³-hybridized carbons (Fsp3) is 0.227. The average Bonchev–Trinajstić information content (AvgIpc) is 2.89. The van der Waals surface area contributed by atoms with Gasteiger partial charge in [-0.25, -0.2) is 0 Å².